The fourth-order valence-corrected chi connectivity index (χ4v) is 9.84. The maximum absolute atomic E-state index is 13.5. The first-order valence-corrected chi connectivity index (χ1v) is 23.6. The number of nitrogens with zero attached hydrogens (tertiary/aromatic N) is 2. The van der Waals surface area contributed by atoms with Crippen molar-refractivity contribution in [1.82, 2.24) is 9.80 Å². The summed E-state index contributed by atoms with van der Waals surface area (Å²) in [6.07, 6.45) is -1.78. The first-order valence-electron chi connectivity index (χ1n) is 23.6. The van der Waals surface area contributed by atoms with E-state index in [2.05, 4.69) is 4.90 Å². The molecule has 0 aromatic rings. The Balaban J connectivity index is 1.71. The van der Waals surface area contributed by atoms with Gasteiger partial charge in [-0.3, -0.25) is 14.4 Å². The summed E-state index contributed by atoms with van der Waals surface area (Å²) in [4.78, 5) is 55.0. The van der Waals surface area contributed by atoms with Gasteiger partial charge in [-0.05, 0) is 93.9 Å². The van der Waals surface area contributed by atoms with E-state index in [1.807, 2.05) is 52.2 Å². The fourth-order valence-electron chi connectivity index (χ4n) is 9.84. The zero-order valence-corrected chi connectivity index (χ0v) is 41.4. The molecular weight excluding hydrogens is 861 g/mol. The average molecular weight is 941 g/mol. The van der Waals surface area contributed by atoms with Crippen LogP contribution in [0.2, 0.25) is 0 Å². The minimum Gasteiger partial charge on any atom is -0.462 e. The summed E-state index contributed by atoms with van der Waals surface area (Å²) < 4.78 is 62.3. The third-order valence-corrected chi connectivity index (χ3v) is 13.2. The Morgan fingerprint density at radius 3 is 2.18 bits per heavy atom. The molecule has 3 saturated heterocycles. The lowest BCUT2D eigenvalue weighted by atomic mass is 9.82. The van der Waals surface area contributed by atoms with Crippen LogP contribution in [0.15, 0.2) is 24.3 Å². The van der Waals surface area contributed by atoms with Gasteiger partial charge in [0.1, 0.15) is 42.4 Å². The molecule has 0 bridgehead atoms. The molecule has 0 amide bonds. The van der Waals surface area contributed by atoms with Gasteiger partial charge in [-0.2, -0.15) is 0 Å². The van der Waals surface area contributed by atoms with Gasteiger partial charge < -0.3 is 72.2 Å². The number of aldehydes is 1. The van der Waals surface area contributed by atoms with Crippen molar-refractivity contribution in [1.29, 1.82) is 0 Å². The molecule has 0 aromatic carbocycles. The number of allylic oxidation sites excluding steroid dienone is 2. The molecule has 18 heteroatoms. The summed E-state index contributed by atoms with van der Waals surface area (Å²) in [7, 11) is 9.00. The number of rotatable bonds is 14. The average Bonchev–Trinajstić information content (AvgIpc) is 3.21. The van der Waals surface area contributed by atoms with Gasteiger partial charge >= 0.3 is 17.9 Å². The van der Waals surface area contributed by atoms with Crippen molar-refractivity contribution in [3.63, 3.8) is 0 Å². The summed E-state index contributed by atoms with van der Waals surface area (Å²) in [6.45, 7) is 13.7. The number of carbonyl (C=O) groups is 4. The van der Waals surface area contributed by atoms with Crippen LogP contribution in [0, 0.1) is 11.8 Å². The van der Waals surface area contributed by atoms with E-state index < -0.39 is 122 Å². The molecule has 19 atom stereocenters. The molecular formula is C48H80N2O16. The van der Waals surface area contributed by atoms with E-state index in [0.717, 1.165) is 12.7 Å². The zero-order chi connectivity index (χ0) is 49.0. The quantitative estimate of drug-likeness (QED) is 0.144. The molecule has 4 heterocycles. The Hall–Kier alpha value is -2.88. The standard InChI is InChI=1S/C48H80N2O16/c1-14-37(53)64-46-31(6)60-40(26-48(46,8)56)65-43-30(5)61-47(42(55)41(43)50(11)12)66-44-33(22-23-51)24-27(2)35(63-39-21-20-34(49(9)10)29(4)59-39)19-17-15-16-18-28(3)58-38(54)25-36(45(44)57-13)62-32(7)52/h15-17,19,23,27-31,33-36,39-47,55-56H,14,18,20-22,24-26H2,1-13H3/b16-15-,19-17-. The molecule has 18 nitrogen and oxygen atoms in total. The summed E-state index contributed by atoms with van der Waals surface area (Å²) in [6, 6.07) is -0.545. The third-order valence-electron chi connectivity index (χ3n) is 13.2. The largest absolute Gasteiger partial charge is 0.462 e. The van der Waals surface area contributed by atoms with Crippen LogP contribution in [0.25, 0.3) is 0 Å². The molecule has 66 heavy (non-hydrogen) atoms. The monoisotopic (exact) mass is 941 g/mol. The lowest BCUT2D eigenvalue weighted by Crippen LogP contribution is -2.66. The number of esters is 3. The maximum Gasteiger partial charge on any atom is 0.309 e. The summed E-state index contributed by atoms with van der Waals surface area (Å²) in [5.74, 6) is -2.72. The Morgan fingerprint density at radius 2 is 1.59 bits per heavy atom. The fraction of sp³-hybridized carbons (Fsp3) is 0.833. The number of likely N-dealkylation sites (N-methyl/N-ethyl adjacent to an activating group) is 2. The van der Waals surface area contributed by atoms with Gasteiger partial charge in [0.15, 0.2) is 25.0 Å². The van der Waals surface area contributed by atoms with Crippen LogP contribution in [-0.2, 0) is 66.5 Å². The molecule has 378 valence electrons. The van der Waals surface area contributed by atoms with Crippen molar-refractivity contribution in [3.05, 3.63) is 24.3 Å². The van der Waals surface area contributed by atoms with Gasteiger partial charge in [0.25, 0.3) is 0 Å². The van der Waals surface area contributed by atoms with Gasteiger partial charge in [-0.1, -0.05) is 38.2 Å². The Kier molecular flexibility index (Phi) is 21.7. The van der Waals surface area contributed by atoms with E-state index in [0.29, 0.717) is 19.3 Å². The number of aliphatic hydroxyl groups excluding tert-OH is 1. The van der Waals surface area contributed by atoms with Crippen molar-refractivity contribution < 1.29 is 76.8 Å². The number of hydrogen-bond acceptors (Lipinski definition) is 18. The number of ether oxygens (including phenoxy) is 10. The van der Waals surface area contributed by atoms with Crippen LogP contribution < -0.4 is 0 Å². The van der Waals surface area contributed by atoms with Crippen molar-refractivity contribution in [2.24, 2.45) is 11.8 Å². The molecule has 0 aliphatic carbocycles. The van der Waals surface area contributed by atoms with Gasteiger partial charge in [0, 0.05) is 45.8 Å². The molecule has 2 N–H and O–H groups in total. The summed E-state index contributed by atoms with van der Waals surface area (Å²) >= 11 is 0. The topological polar surface area (TPSA) is 208 Å². The predicted molar refractivity (Wildman–Crippen MR) is 241 cm³/mol. The van der Waals surface area contributed by atoms with Crippen LogP contribution in [0.3, 0.4) is 0 Å². The second kappa shape index (κ2) is 25.6. The minimum absolute atomic E-state index is 0.0427. The highest BCUT2D eigenvalue weighted by molar-refractivity contribution is 5.72. The molecule has 19 unspecified atom stereocenters. The van der Waals surface area contributed by atoms with Gasteiger partial charge in [-0.25, -0.2) is 0 Å². The first-order chi connectivity index (χ1) is 31.1. The van der Waals surface area contributed by atoms with Crippen LogP contribution in [-0.4, -0.2) is 183 Å². The van der Waals surface area contributed by atoms with Gasteiger partial charge in [0.05, 0.1) is 43.0 Å². The predicted octanol–water partition coefficient (Wildman–Crippen LogP) is 3.86. The Morgan fingerprint density at radius 1 is 0.894 bits per heavy atom. The number of carbonyl (C=O) groups excluding carboxylic acids is 4. The number of hydrogen-bond donors (Lipinski definition) is 2. The molecule has 4 aliphatic heterocycles. The lowest BCUT2D eigenvalue weighted by Gasteiger charge is -2.50. The van der Waals surface area contributed by atoms with E-state index in [-0.39, 0.29) is 37.3 Å². The number of methoxy groups -OCH3 is 1. The Bertz CT molecular complexity index is 1610. The van der Waals surface area contributed by atoms with E-state index in [1.165, 1.54) is 14.0 Å². The molecule has 0 radical (unpaired) electrons. The highest BCUT2D eigenvalue weighted by atomic mass is 16.7. The van der Waals surface area contributed by atoms with E-state index in [1.54, 1.807) is 53.6 Å². The van der Waals surface area contributed by atoms with Crippen LogP contribution in [0.5, 0.6) is 0 Å². The van der Waals surface area contributed by atoms with E-state index in [9.17, 15) is 29.4 Å². The van der Waals surface area contributed by atoms with Crippen molar-refractivity contribution >= 4 is 24.2 Å². The zero-order valence-electron chi connectivity index (χ0n) is 41.4. The minimum atomic E-state index is -1.50. The molecule has 3 fully saturated rings. The second-order valence-electron chi connectivity index (χ2n) is 19.2. The summed E-state index contributed by atoms with van der Waals surface area (Å²) in [5.41, 5.74) is -1.50. The van der Waals surface area contributed by atoms with Crippen LogP contribution >= 0.6 is 0 Å². The Labute approximate surface area is 391 Å². The van der Waals surface area contributed by atoms with E-state index in [4.69, 9.17) is 47.4 Å². The van der Waals surface area contributed by atoms with Gasteiger partial charge in [0.2, 0.25) is 0 Å². The number of cyclic esters (lactones) is 1. The highest BCUT2D eigenvalue weighted by Crippen LogP contribution is 2.38. The van der Waals surface area contributed by atoms with Crippen molar-refractivity contribution in [2.45, 2.75) is 210 Å². The van der Waals surface area contributed by atoms with Crippen LogP contribution in [0.1, 0.15) is 107 Å². The SMILES string of the molecule is CCC(=O)OC1C(C)OC(OC2C(C)OC(OC3C(CC=O)CC(C)C(OC4CCC(N(C)C)C(C)O4)/C=C\C=C/CC(C)OC(=O)CC(OC(C)=O)C3OC)C(O)C2N(C)C)CC1(C)O. The van der Waals surface area contributed by atoms with Gasteiger partial charge in [-0.15, -0.1) is 0 Å². The van der Waals surface area contributed by atoms with Crippen LogP contribution in [0.4, 0.5) is 0 Å². The van der Waals surface area contributed by atoms with Crippen molar-refractivity contribution in [3.8, 4) is 0 Å². The number of aliphatic hydroxyl groups is 2. The lowest BCUT2D eigenvalue weighted by molar-refractivity contribution is -0.344. The molecule has 0 aromatic heterocycles. The second-order valence-corrected chi connectivity index (χ2v) is 19.2. The summed E-state index contributed by atoms with van der Waals surface area (Å²) in [5, 5.41) is 23.7. The van der Waals surface area contributed by atoms with E-state index >= 15 is 0 Å². The normalized spacial score (nSPS) is 42.0. The smallest absolute Gasteiger partial charge is 0.309 e. The third kappa shape index (κ3) is 15.3. The highest BCUT2D eigenvalue weighted by Gasteiger charge is 2.53. The molecule has 4 rings (SSSR count). The maximum atomic E-state index is 13.5. The molecule has 0 saturated carbocycles. The molecule has 0 spiro atoms. The molecule has 4 aliphatic rings. The first kappa shape index (κ1) is 55.7. The van der Waals surface area contributed by atoms with Crippen molar-refractivity contribution in [2.75, 3.05) is 35.3 Å².